The van der Waals surface area contributed by atoms with Crippen LogP contribution < -0.4 is 5.32 Å². The minimum atomic E-state index is -0.945. The van der Waals surface area contributed by atoms with Gasteiger partial charge in [-0.25, -0.2) is 9.18 Å². The predicted molar refractivity (Wildman–Crippen MR) is 79.8 cm³/mol. The second-order valence-electron chi connectivity index (χ2n) is 5.40. The molecule has 6 nitrogen and oxygen atoms in total. The maximum absolute atomic E-state index is 13.0. The molecule has 0 radical (unpaired) electrons. The molecule has 124 valence electrons. The lowest BCUT2D eigenvalue weighted by molar-refractivity contribution is -0.148. The highest BCUT2D eigenvalue weighted by atomic mass is 19.1. The molecule has 0 bridgehead atoms. The number of carbonyl (C=O) groups is 3. The van der Waals surface area contributed by atoms with E-state index in [1.807, 2.05) is 0 Å². The third kappa shape index (κ3) is 3.49. The summed E-state index contributed by atoms with van der Waals surface area (Å²) in [5, 5.41) is 2.63. The van der Waals surface area contributed by atoms with Crippen LogP contribution in [-0.4, -0.2) is 34.9 Å². The number of ether oxygens (including phenoxy) is 1. The van der Waals surface area contributed by atoms with Gasteiger partial charge < -0.3 is 10.1 Å². The van der Waals surface area contributed by atoms with Gasteiger partial charge in [-0.15, -0.1) is 0 Å². The number of amides is 3. The lowest BCUT2D eigenvalue weighted by atomic mass is 9.93. The number of hydrogen-bond acceptors (Lipinski definition) is 4. The van der Waals surface area contributed by atoms with Crippen molar-refractivity contribution in [1.82, 2.24) is 10.2 Å². The Kier molecular flexibility index (Phi) is 4.98. The minimum absolute atomic E-state index is 0.118. The number of imide groups is 1. The van der Waals surface area contributed by atoms with Gasteiger partial charge in [0.25, 0.3) is 5.91 Å². The molecule has 1 N–H and O–H groups in total. The molecule has 1 aliphatic rings. The molecule has 1 heterocycles. The summed E-state index contributed by atoms with van der Waals surface area (Å²) in [6.07, 6.45) is 0.895. The van der Waals surface area contributed by atoms with Crippen molar-refractivity contribution in [2.75, 3.05) is 6.54 Å². The van der Waals surface area contributed by atoms with Gasteiger partial charge in [-0.3, -0.25) is 14.5 Å². The number of nitrogens with one attached hydrogen (secondary N) is 1. The molecule has 1 fully saturated rings. The Labute approximate surface area is 133 Å². The smallest absolute Gasteiger partial charge is 0.326 e. The van der Waals surface area contributed by atoms with Gasteiger partial charge in [-0.2, -0.15) is 0 Å². The van der Waals surface area contributed by atoms with E-state index in [2.05, 4.69) is 5.32 Å². The molecule has 0 unspecified atom stereocenters. The number of rotatable bonds is 6. The van der Waals surface area contributed by atoms with Crippen LogP contribution in [0.2, 0.25) is 0 Å². The molecule has 0 aromatic heterocycles. The van der Waals surface area contributed by atoms with Crippen LogP contribution in [0.25, 0.3) is 0 Å². The average Bonchev–Trinajstić information content (AvgIpc) is 2.78. The Bertz CT molecular complexity index is 628. The minimum Gasteiger partial charge on any atom is -0.459 e. The molecule has 1 saturated heterocycles. The molecule has 23 heavy (non-hydrogen) atoms. The van der Waals surface area contributed by atoms with Crippen LogP contribution in [0, 0.1) is 5.82 Å². The monoisotopic (exact) mass is 322 g/mol. The third-order valence-corrected chi connectivity index (χ3v) is 4.03. The van der Waals surface area contributed by atoms with Gasteiger partial charge in [0.1, 0.15) is 24.5 Å². The van der Waals surface area contributed by atoms with Crippen molar-refractivity contribution in [2.45, 2.75) is 38.8 Å². The van der Waals surface area contributed by atoms with Crippen molar-refractivity contribution < 1.29 is 23.5 Å². The standard InChI is InChI=1S/C16H19FN2O4/c1-3-16(4-2)14(21)19(15(22)18-16)9-13(20)23-10-11-6-5-7-12(17)8-11/h5-8H,3-4,9-10H2,1-2H3,(H,18,22). The molecular weight excluding hydrogens is 303 g/mol. The Morgan fingerprint density at radius 3 is 2.57 bits per heavy atom. The maximum Gasteiger partial charge on any atom is 0.326 e. The molecule has 0 atom stereocenters. The van der Waals surface area contributed by atoms with Crippen LogP contribution in [0.5, 0.6) is 0 Å². The number of urea groups is 1. The van der Waals surface area contributed by atoms with Gasteiger partial charge in [0, 0.05) is 0 Å². The Balaban J connectivity index is 1.95. The van der Waals surface area contributed by atoms with Crippen molar-refractivity contribution in [3.63, 3.8) is 0 Å². The van der Waals surface area contributed by atoms with E-state index in [0.717, 1.165) is 4.90 Å². The molecule has 1 aliphatic heterocycles. The van der Waals surface area contributed by atoms with Gasteiger partial charge in [-0.1, -0.05) is 26.0 Å². The topological polar surface area (TPSA) is 75.7 Å². The summed E-state index contributed by atoms with van der Waals surface area (Å²) in [6.45, 7) is 3.02. The first-order valence-corrected chi connectivity index (χ1v) is 7.46. The first-order valence-electron chi connectivity index (χ1n) is 7.46. The van der Waals surface area contributed by atoms with E-state index in [4.69, 9.17) is 4.74 Å². The first-order chi connectivity index (χ1) is 10.9. The van der Waals surface area contributed by atoms with E-state index >= 15 is 0 Å². The molecule has 0 saturated carbocycles. The highest BCUT2D eigenvalue weighted by Crippen LogP contribution is 2.24. The number of carbonyl (C=O) groups excluding carboxylic acids is 3. The number of esters is 1. The number of nitrogens with zero attached hydrogens (tertiary/aromatic N) is 1. The predicted octanol–water partition coefficient (Wildman–Crippen LogP) is 1.98. The SMILES string of the molecule is CCC1(CC)NC(=O)N(CC(=O)OCc2cccc(F)c2)C1=O. The molecule has 0 spiro atoms. The van der Waals surface area contributed by atoms with Crippen LogP contribution in [0.1, 0.15) is 32.3 Å². The quantitative estimate of drug-likeness (QED) is 0.642. The number of halogens is 1. The highest BCUT2D eigenvalue weighted by Gasteiger charge is 2.49. The van der Waals surface area contributed by atoms with E-state index in [0.29, 0.717) is 18.4 Å². The summed E-state index contributed by atoms with van der Waals surface area (Å²) >= 11 is 0. The highest BCUT2D eigenvalue weighted by molar-refractivity contribution is 6.08. The van der Waals surface area contributed by atoms with Gasteiger partial charge in [0.15, 0.2) is 0 Å². The van der Waals surface area contributed by atoms with E-state index < -0.39 is 35.8 Å². The Morgan fingerprint density at radius 1 is 1.30 bits per heavy atom. The Hall–Kier alpha value is -2.44. The summed E-state index contributed by atoms with van der Waals surface area (Å²) in [4.78, 5) is 37.0. The zero-order valence-electron chi connectivity index (χ0n) is 13.1. The zero-order valence-corrected chi connectivity index (χ0v) is 13.1. The second kappa shape index (κ2) is 6.76. The molecule has 2 rings (SSSR count). The van der Waals surface area contributed by atoms with Crippen LogP contribution in [0.15, 0.2) is 24.3 Å². The fourth-order valence-corrected chi connectivity index (χ4v) is 2.51. The van der Waals surface area contributed by atoms with Gasteiger partial charge in [0.2, 0.25) is 0 Å². The van der Waals surface area contributed by atoms with Crippen molar-refractivity contribution in [3.05, 3.63) is 35.6 Å². The lowest BCUT2D eigenvalue weighted by Gasteiger charge is -2.22. The normalized spacial score (nSPS) is 16.4. The third-order valence-electron chi connectivity index (χ3n) is 4.03. The largest absolute Gasteiger partial charge is 0.459 e. The number of hydrogen-bond donors (Lipinski definition) is 1. The summed E-state index contributed by atoms with van der Waals surface area (Å²) in [5.74, 6) is -1.57. The Morgan fingerprint density at radius 2 is 2.00 bits per heavy atom. The van der Waals surface area contributed by atoms with Crippen molar-refractivity contribution in [1.29, 1.82) is 0 Å². The number of benzene rings is 1. The van der Waals surface area contributed by atoms with E-state index in [-0.39, 0.29) is 6.61 Å². The zero-order chi connectivity index (χ0) is 17.0. The lowest BCUT2D eigenvalue weighted by Crippen LogP contribution is -2.46. The van der Waals surface area contributed by atoms with E-state index in [1.54, 1.807) is 19.9 Å². The van der Waals surface area contributed by atoms with Crippen LogP contribution >= 0.6 is 0 Å². The van der Waals surface area contributed by atoms with Crippen molar-refractivity contribution in [2.24, 2.45) is 0 Å². The fourth-order valence-electron chi connectivity index (χ4n) is 2.51. The van der Waals surface area contributed by atoms with Crippen LogP contribution in [-0.2, 0) is 20.9 Å². The van der Waals surface area contributed by atoms with Gasteiger partial charge in [0.05, 0.1) is 0 Å². The van der Waals surface area contributed by atoms with Gasteiger partial charge >= 0.3 is 12.0 Å². The van der Waals surface area contributed by atoms with Crippen molar-refractivity contribution in [3.8, 4) is 0 Å². The maximum atomic E-state index is 13.0. The molecule has 3 amide bonds. The molecular formula is C16H19FN2O4. The first kappa shape index (κ1) is 16.9. The molecule has 1 aromatic rings. The summed E-state index contributed by atoms with van der Waals surface area (Å²) in [5.41, 5.74) is -0.452. The summed E-state index contributed by atoms with van der Waals surface area (Å²) in [6, 6.07) is 5.06. The van der Waals surface area contributed by atoms with Crippen LogP contribution in [0.3, 0.4) is 0 Å². The average molecular weight is 322 g/mol. The summed E-state index contributed by atoms with van der Waals surface area (Å²) in [7, 11) is 0. The van der Waals surface area contributed by atoms with E-state index in [1.165, 1.54) is 18.2 Å². The van der Waals surface area contributed by atoms with E-state index in [9.17, 15) is 18.8 Å². The molecule has 7 heteroatoms. The van der Waals surface area contributed by atoms with Gasteiger partial charge in [-0.05, 0) is 30.5 Å². The second-order valence-corrected chi connectivity index (χ2v) is 5.40. The summed E-state index contributed by atoms with van der Waals surface area (Å²) < 4.78 is 18.0. The molecule has 0 aliphatic carbocycles. The molecule has 1 aromatic carbocycles. The van der Waals surface area contributed by atoms with Crippen LogP contribution in [0.4, 0.5) is 9.18 Å². The van der Waals surface area contributed by atoms with Crippen molar-refractivity contribution >= 4 is 17.9 Å². The fraction of sp³-hybridized carbons (Fsp3) is 0.438.